The molecule has 0 heterocycles. The first-order valence-corrected chi connectivity index (χ1v) is 3.46. The second-order valence-corrected chi connectivity index (χ2v) is 2.04. The van der Waals surface area contributed by atoms with E-state index in [9.17, 15) is 9.59 Å². The molecule has 0 aromatic carbocycles. The number of carbonyl (C=O) groups is 2. The highest BCUT2D eigenvalue weighted by Gasteiger charge is 1.97. The molecule has 0 unspecified atom stereocenters. The molecule has 2 amide bonds. The fourth-order valence-electron chi connectivity index (χ4n) is 0.381. The molecule has 0 rings (SSSR count). The molecular weight excluding hydrogens is 152 g/mol. The Morgan fingerprint density at radius 1 is 1.50 bits per heavy atom. The molecule has 0 saturated carbocycles. The van der Waals surface area contributed by atoms with Crippen molar-refractivity contribution in [2.75, 3.05) is 12.3 Å². The van der Waals surface area contributed by atoms with Crippen molar-refractivity contribution >= 4 is 24.4 Å². The van der Waals surface area contributed by atoms with Gasteiger partial charge in [-0.3, -0.25) is 9.59 Å². The maximum absolute atomic E-state index is 10.5. The van der Waals surface area contributed by atoms with E-state index >= 15 is 0 Å². The van der Waals surface area contributed by atoms with Gasteiger partial charge in [0.15, 0.2) is 0 Å². The van der Waals surface area contributed by atoms with Crippen molar-refractivity contribution in [1.29, 1.82) is 0 Å². The summed E-state index contributed by atoms with van der Waals surface area (Å²) in [5.74, 6) is -0.470. The molecule has 3 N–H and O–H groups in total. The minimum absolute atomic E-state index is 0.138. The third kappa shape index (κ3) is 5.43. The second kappa shape index (κ2) is 5.10. The summed E-state index contributed by atoms with van der Waals surface area (Å²) in [6, 6.07) is 0. The van der Waals surface area contributed by atoms with Crippen LogP contribution >= 0.6 is 12.6 Å². The summed E-state index contributed by atoms with van der Waals surface area (Å²) < 4.78 is 0. The van der Waals surface area contributed by atoms with Gasteiger partial charge < -0.3 is 11.1 Å². The van der Waals surface area contributed by atoms with Crippen LogP contribution in [0.5, 0.6) is 0 Å². The van der Waals surface area contributed by atoms with Crippen molar-refractivity contribution in [2.45, 2.75) is 6.42 Å². The Labute approximate surface area is 64.6 Å². The number of amides is 2. The van der Waals surface area contributed by atoms with Crippen molar-refractivity contribution in [1.82, 2.24) is 5.32 Å². The molecule has 58 valence electrons. The average molecular weight is 162 g/mol. The summed E-state index contributed by atoms with van der Waals surface area (Å²) in [5, 5.41) is 2.45. The molecule has 0 aromatic heterocycles. The average Bonchev–Trinajstić information content (AvgIpc) is 1.87. The number of thiol groups is 1. The summed E-state index contributed by atoms with van der Waals surface area (Å²) in [5.41, 5.74) is 4.81. The predicted octanol–water partition coefficient (Wildman–Crippen LogP) is -1.09. The Hall–Kier alpha value is -0.710. The lowest BCUT2D eigenvalue weighted by atomic mass is 10.4. The van der Waals surface area contributed by atoms with E-state index in [1.54, 1.807) is 0 Å². The largest absolute Gasteiger partial charge is 0.370 e. The number of carbonyl (C=O) groups excluding carboxylic acids is 2. The highest BCUT2D eigenvalue weighted by atomic mass is 32.1. The molecule has 0 fully saturated rings. The molecule has 0 aliphatic rings. The fourth-order valence-corrected chi connectivity index (χ4v) is 0.493. The lowest BCUT2D eigenvalue weighted by Crippen LogP contribution is -2.28. The normalized spacial score (nSPS) is 8.90. The van der Waals surface area contributed by atoms with Crippen molar-refractivity contribution < 1.29 is 9.59 Å². The highest BCUT2D eigenvalue weighted by molar-refractivity contribution is 7.81. The SMILES string of the molecule is NC(=O)CCNC(=O)CS. The van der Waals surface area contributed by atoms with Crippen LogP contribution in [0.1, 0.15) is 6.42 Å². The van der Waals surface area contributed by atoms with E-state index in [4.69, 9.17) is 5.73 Å². The van der Waals surface area contributed by atoms with Crippen LogP contribution < -0.4 is 11.1 Å². The van der Waals surface area contributed by atoms with Gasteiger partial charge in [0.1, 0.15) is 0 Å². The number of nitrogens with one attached hydrogen (secondary N) is 1. The summed E-state index contributed by atoms with van der Waals surface area (Å²) in [6.45, 7) is 0.300. The smallest absolute Gasteiger partial charge is 0.229 e. The van der Waals surface area contributed by atoms with Gasteiger partial charge in [0.25, 0.3) is 0 Å². The van der Waals surface area contributed by atoms with E-state index in [2.05, 4.69) is 17.9 Å². The molecule has 0 atom stereocenters. The monoisotopic (exact) mass is 162 g/mol. The van der Waals surface area contributed by atoms with Crippen LogP contribution in [-0.2, 0) is 9.59 Å². The predicted molar refractivity (Wildman–Crippen MR) is 40.7 cm³/mol. The maximum Gasteiger partial charge on any atom is 0.229 e. The summed E-state index contributed by atoms with van der Waals surface area (Å²) in [6.07, 6.45) is 0.180. The summed E-state index contributed by atoms with van der Waals surface area (Å²) in [4.78, 5) is 20.6. The van der Waals surface area contributed by atoms with Crippen molar-refractivity contribution in [3.63, 3.8) is 0 Å². The van der Waals surface area contributed by atoms with Crippen LogP contribution in [0.4, 0.5) is 0 Å². The van der Waals surface area contributed by atoms with Crippen LogP contribution in [0.3, 0.4) is 0 Å². The third-order valence-electron chi connectivity index (χ3n) is 0.837. The van der Waals surface area contributed by atoms with E-state index in [0.29, 0.717) is 6.54 Å². The molecule has 10 heavy (non-hydrogen) atoms. The third-order valence-corrected chi connectivity index (χ3v) is 1.12. The van der Waals surface area contributed by atoms with Crippen molar-refractivity contribution in [3.8, 4) is 0 Å². The van der Waals surface area contributed by atoms with Crippen LogP contribution in [-0.4, -0.2) is 24.1 Å². The lowest BCUT2D eigenvalue weighted by molar-refractivity contribution is -0.119. The first-order valence-electron chi connectivity index (χ1n) is 2.82. The van der Waals surface area contributed by atoms with Crippen LogP contribution in [0, 0.1) is 0 Å². The first-order chi connectivity index (χ1) is 4.66. The molecule has 0 spiro atoms. The summed E-state index contributed by atoms with van der Waals surface area (Å²) >= 11 is 3.71. The van der Waals surface area contributed by atoms with Gasteiger partial charge in [-0.2, -0.15) is 12.6 Å². The number of nitrogens with two attached hydrogens (primary N) is 1. The minimum Gasteiger partial charge on any atom is -0.370 e. The van der Waals surface area contributed by atoms with Gasteiger partial charge in [-0.25, -0.2) is 0 Å². The van der Waals surface area contributed by atoms with Crippen molar-refractivity contribution in [3.05, 3.63) is 0 Å². The molecule has 0 aliphatic heterocycles. The maximum atomic E-state index is 10.5. The molecule has 0 bridgehead atoms. The van der Waals surface area contributed by atoms with Gasteiger partial charge in [-0.15, -0.1) is 0 Å². The molecule has 4 nitrogen and oxygen atoms in total. The quantitative estimate of drug-likeness (QED) is 0.459. The van der Waals surface area contributed by atoms with E-state index in [0.717, 1.165) is 0 Å². The first kappa shape index (κ1) is 9.29. The van der Waals surface area contributed by atoms with Crippen LogP contribution in [0.15, 0.2) is 0 Å². The molecule has 0 radical (unpaired) electrons. The van der Waals surface area contributed by atoms with Crippen LogP contribution in [0.2, 0.25) is 0 Å². The molecule has 5 heteroatoms. The van der Waals surface area contributed by atoms with E-state index in [1.807, 2.05) is 0 Å². The zero-order chi connectivity index (χ0) is 7.98. The standard InChI is InChI=1S/C5H10N2O2S/c6-4(8)1-2-7-5(9)3-10/h10H,1-3H2,(H2,6,8)(H,7,9). The second-order valence-electron chi connectivity index (χ2n) is 1.72. The number of rotatable bonds is 4. The Kier molecular flexibility index (Phi) is 4.74. The number of hydrogen-bond donors (Lipinski definition) is 3. The zero-order valence-corrected chi connectivity index (χ0v) is 6.36. The lowest BCUT2D eigenvalue weighted by Gasteiger charge is -1.98. The van der Waals surface area contributed by atoms with E-state index in [-0.39, 0.29) is 18.1 Å². The Bertz CT molecular complexity index is 138. The topological polar surface area (TPSA) is 72.2 Å². The number of primary amides is 1. The van der Waals surface area contributed by atoms with Gasteiger partial charge in [0.05, 0.1) is 5.75 Å². The van der Waals surface area contributed by atoms with Crippen molar-refractivity contribution in [2.24, 2.45) is 5.73 Å². The Balaban J connectivity index is 3.20. The molecule has 0 saturated heterocycles. The van der Waals surface area contributed by atoms with Crippen LogP contribution in [0.25, 0.3) is 0 Å². The summed E-state index contributed by atoms with van der Waals surface area (Å²) in [7, 11) is 0. The molecular formula is C5H10N2O2S. The minimum atomic E-state index is -0.417. The zero-order valence-electron chi connectivity index (χ0n) is 5.46. The van der Waals surface area contributed by atoms with Gasteiger partial charge in [-0.1, -0.05) is 0 Å². The molecule has 0 aromatic rings. The van der Waals surface area contributed by atoms with Gasteiger partial charge in [0, 0.05) is 13.0 Å². The van der Waals surface area contributed by atoms with E-state index in [1.165, 1.54) is 0 Å². The Morgan fingerprint density at radius 2 is 2.10 bits per heavy atom. The highest BCUT2D eigenvalue weighted by Crippen LogP contribution is 1.75. The fraction of sp³-hybridized carbons (Fsp3) is 0.600. The van der Waals surface area contributed by atoms with Gasteiger partial charge in [0.2, 0.25) is 11.8 Å². The number of hydrogen-bond acceptors (Lipinski definition) is 3. The van der Waals surface area contributed by atoms with Gasteiger partial charge >= 0.3 is 0 Å². The van der Waals surface area contributed by atoms with Gasteiger partial charge in [-0.05, 0) is 0 Å². The Morgan fingerprint density at radius 3 is 2.50 bits per heavy atom. The van der Waals surface area contributed by atoms with E-state index < -0.39 is 5.91 Å². The molecule has 0 aliphatic carbocycles.